The van der Waals surface area contributed by atoms with E-state index in [1.165, 1.54) is 14.2 Å². The first-order valence-corrected chi connectivity index (χ1v) is 5.40. The fourth-order valence-electron chi connectivity index (χ4n) is 1.59. The van der Waals surface area contributed by atoms with Gasteiger partial charge in [-0.15, -0.1) is 0 Å². The molecule has 5 nitrogen and oxygen atoms in total. The number of hydrogen-bond acceptors (Lipinski definition) is 5. The van der Waals surface area contributed by atoms with Gasteiger partial charge in [0.1, 0.15) is 12.1 Å². The molecule has 0 heterocycles. The standard InChI is InChI=1S/C11H21NO4/c1-6-7-12(8(2)10(13)15-4)9(3)11(14)16-5/h8-9H,6-7H2,1-5H3. The summed E-state index contributed by atoms with van der Waals surface area (Å²) < 4.78 is 9.34. The zero-order valence-electron chi connectivity index (χ0n) is 10.6. The van der Waals surface area contributed by atoms with Crippen molar-refractivity contribution < 1.29 is 19.1 Å². The molecule has 0 saturated carbocycles. The Morgan fingerprint density at radius 1 is 1.06 bits per heavy atom. The van der Waals surface area contributed by atoms with E-state index in [0.717, 1.165) is 6.42 Å². The van der Waals surface area contributed by atoms with E-state index < -0.39 is 12.1 Å². The Bertz CT molecular complexity index is 220. The van der Waals surface area contributed by atoms with E-state index in [-0.39, 0.29) is 11.9 Å². The second kappa shape index (κ2) is 7.22. The molecular formula is C11H21NO4. The van der Waals surface area contributed by atoms with Gasteiger partial charge in [-0.05, 0) is 26.8 Å². The van der Waals surface area contributed by atoms with Crippen LogP contribution in [0.5, 0.6) is 0 Å². The summed E-state index contributed by atoms with van der Waals surface area (Å²) in [5.74, 6) is -0.687. The summed E-state index contributed by atoms with van der Waals surface area (Å²) in [5.41, 5.74) is 0. The zero-order chi connectivity index (χ0) is 12.7. The Labute approximate surface area is 96.7 Å². The number of rotatable bonds is 6. The largest absolute Gasteiger partial charge is 0.468 e. The van der Waals surface area contributed by atoms with E-state index in [2.05, 4.69) is 9.47 Å². The average Bonchev–Trinajstić information content (AvgIpc) is 2.32. The normalized spacial score (nSPS) is 14.4. The lowest BCUT2D eigenvalue weighted by Gasteiger charge is -2.30. The molecule has 0 fully saturated rings. The van der Waals surface area contributed by atoms with E-state index >= 15 is 0 Å². The number of carbonyl (C=O) groups excluding carboxylic acids is 2. The molecule has 0 aliphatic rings. The highest BCUT2D eigenvalue weighted by Crippen LogP contribution is 2.09. The van der Waals surface area contributed by atoms with Crippen LogP contribution in [0, 0.1) is 0 Å². The van der Waals surface area contributed by atoms with Gasteiger partial charge in [-0.25, -0.2) is 0 Å². The van der Waals surface area contributed by atoms with Crippen LogP contribution in [0.15, 0.2) is 0 Å². The zero-order valence-corrected chi connectivity index (χ0v) is 10.6. The van der Waals surface area contributed by atoms with E-state index in [4.69, 9.17) is 0 Å². The van der Waals surface area contributed by atoms with Gasteiger partial charge in [-0.1, -0.05) is 6.92 Å². The lowest BCUT2D eigenvalue weighted by atomic mass is 10.2. The number of nitrogens with zero attached hydrogens (tertiary/aromatic N) is 1. The van der Waals surface area contributed by atoms with Crippen LogP contribution in [0.25, 0.3) is 0 Å². The predicted molar refractivity (Wildman–Crippen MR) is 60.0 cm³/mol. The summed E-state index contributed by atoms with van der Waals surface area (Å²) in [6, 6.07) is -0.891. The van der Waals surface area contributed by atoms with Gasteiger partial charge in [-0.2, -0.15) is 0 Å². The van der Waals surface area contributed by atoms with E-state index in [0.29, 0.717) is 6.54 Å². The Kier molecular flexibility index (Phi) is 6.72. The summed E-state index contributed by atoms with van der Waals surface area (Å²) in [6.07, 6.45) is 0.850. The van der Waals surface area contributed by atoms with Gasteiger partial charge >= 0.3 is 11.9 Å². The summed E-state index contributed by atoms with van der Waals surface area (Å²) in [5, 5.41) is 0. The lowest BCUT2D eigenvalue weighted by molar-refractivity contribution is -0.153. The first-order chi connectivity index (χ1) is 7.49. The highest BCUT2D eigenvalue weighted by molar-refractivity contribution is 5.79. The molecule has 0 radical (unpaired) electrons. The van der Waals surface area contributed by atoms with Crippen molar-refractivity contribution in [2.45, 2.75) is 39.3 Å². The van der Waals surface area contributed by atoms with Crippen molar-refractivity contribution in [1.29, 1.82) is 0 Å². The fraction of sp³-hybridized carbons (Fsp3) is 0.818. The SMILES string of the molecule is CCCN(C(C)C(=O)OC)C(C)C(=O)OC. The van der Waals surface area contributed by atoms with Crippen LogP contribution < -0.4 is 0 Å². The Balaban J connectivity index is 4.70. The smallest absolute Gasteiger partial charge is 0.322 e. The molecule has 16 heavy (non-hydrogen) atoms. The monoisotopic (exact) mass is 231 g/mol. The highest BCUT2D eigenvalue weighted by Gasteiger charge is 2.30. The quantitative estimate of drug-likeness (QED) is 0.633. The summed E-state index contributed by atoms with van der Waals surface area (Å²) >= 11 is 0. The first kappa shape index (κ1) is 14.9. The van der Waals surface area contributed by atoms with Crippen molar-refractivity contribution in [3.05, 3.63) is 0 Å². The van der Waals surface area contributed by atoms with Crippen LogP contribution in [0.1, 0.15) is 27.2 Å². The van der Waals surface area contributed by atoms with Gasteiger partial charge in [0.25, 0.3) is 0 Å². The number of methoxy groups -OCH3 is 2. The topological polar surface area (TPSA) is 55.8 Å². The maximum Gasteiger partial charge on any atom is 0.322 e. The second-order valence-corrected chi connectivity index (χ2v) is 3.64. The molecular weight excluding hydrogens is 210 g/mol. The molecule has 0 rings (SSSR count). The molecule has 0 spiro atoms. The first-order valence-electron chi connectivity index (χ1n) is 5.40. The third-order valence-corrected chi connectivity index (χ3v) is 2.56. The molecule has 0 aliphatic carbocycles. The van der Waals surface area contributed by atoms with Crippen LogP contribution in [0.4, 0.5) is 0 Å². The lowest BCUT2D eigenvalue weighted by Crippen LogP contribution is -2.49. The van der Waals surface area contributed by atoms with Gasteiger partial charge < -0.3 is 9.47 Å². The minimum Gasteiger partial charge on any atom is -0.468 e. The Morgan fingerprint density at radius 2 is 1.44 bits per heavy atom. The molecule has 0 aromatic heterocycles. The van der Waals surface area contributed by atoms with E-state index in [1.54, 1.807) is 18.7 Å². The molecule has 5 heteroatoms. The summed E-state index contributed by atoms with van der Waals surface area (Å²) in [6.45, 7) is 6.08. The number of esters is 2. The molecule has 0 N–H and O–H groups in total. The Morgan fingerprint density at radius 3 is 1.69 bits per heavy atom. The van der Waals surface area contributed by atoms with Crippen LogP contribution in [0.3, 0.4) is 0 Å². The fourth-order valence-corrected chi connectivity index (χ4v) is 1.59. The van der Waals surface area contributed by atoms with Gasteiger partial charge in [-0.3, -0.25) is 14.5 Å². The minimum atomic E-state index is -0.445. The molecule has 0 aliphatic heterocycles. The summed E-state index contributed by atoms with van der Waals surface area (Å²) in [7, 11) is 2.68. The maximum atomic E-state index is 11.4. The predicted octanol–water partition coefficient (Wildman–Crippen LogP) is 0.821. The van der Waals surface area contributed by atoms with Crippen molar-refractivity contribution in [2.75, 3.05) is 20.8 Å². The van der Waals surface area contributed by atoms with Gasteiger partial charge in [0.2, 0.25) is 0 Å². The minimum absolute atomic E-state index is 0.343. The van der Waals surface area contributed by atoms with Crippen molar-refractivity contribution in [3.8, 4) is 0 Å². The van der Waals surface area contributed by atoms with E-state index in [1.807, 2.05) is 6.92 Å². The number of ether oxygens (including phenoxy) is 2. The molecule has 0 bridgehead atoms. The molecule has 94 valence electrons. The molecule has 0 aromatic rings. The van der Waals surface area contributed by atoms with Crippen molar-refractivity contribution in [2.24, 2.45) is 0 Å². The van der Waals surface area contributed by atoms with Crippen LogP contribution in [-0.2, 0) is 19.1 Å². The van der Waals surface area contributed by atoms with Crippen LogP contribution in [0.2, 0.25) is 0 Å². The number of hydrogen-bond donors (Lipinski definition) is 0. The highest BCUT2D eigenvalue weighted by atomic mass is 16.5. The van der Waals surface area contributed by atoms with Gasteiger partial charge in [0.05, 0.1) is 14.2 Å². The maximum absolute atomic E-state index is 11.4. The van der Waals surface area contributed by atoms with E-state index in [9.17, 15) is 9.59 Å². The number of carbonyl (C=O) groups is 2. The molecule has 2 unspecified atom stereocenters. The van der Waals surface area contributed by atoms with Crippen molar-refractivity contribution >= 4 is 11.9 Å². The average molecular weight is 231 g/mol. The molecule has 2 atom stereocenters. The van der Waals surface area contributed by atoms with Gasteiger partial charge in [0.15, 0.2) is 0 Å². The Hall–Kier alpha value is -1.10. The second-order valence-electron chi connectivity index (χ2n) is 3.64. The van der Waals surface area contributed by atoms with Crippen LogP contribution >= 0.6 is 0 Å². The molecule has 0 amide bonds. The molecule has 0 aromatic carbocycles. The van der Waals surface area contributed by atoms with Crippen molar-refractivity contribution in [3.63, 3.8) is 0 Å². The van der Waals surface area contributed by atoms with Crippen molar-refractivity contribution in [1.82, 2.24) is 4.90 Å². The molecule has 0 saturated heterocycles. The third kappa shape index (κ3) is 3.81. The van der Waals surface area contributed by atoms with Crippen LogP contribution in [-0.4, -0.2) is 49.7 Å². The third-order valence-electron chi connectivity index (χ3n) is 2.56. The summed E-state index contributed by atoms with van der Waals surface area (Å²) in [4.78, 5) is 24.6. The van der Waals surface area contributed by atoms with Gasteiger partial charge in [0, 0.05) is 0 Å².